The number of ketones is 1. The van der Waals surface area contributed by atoms with Gasteiger partial charge in [0.25, 0.3) is 0 Å². The molecular formula is C10H11BrO2. The van der Waals surface area contributed by atoms with E-state index in [1.165, 1.54) is 12.8 Å². The lowest BCUT2D eigenvalue weighted by Crippen LogP contribution is -2.10. The van der Waals surface area contributed by atoms with E-state index in [4.69, 9.17) is 4.42 Å². The normalized spacial score (nSPS) is 17.9. The van der Waals surface area contributed by atoms with Crippen molar-refractivity contribution in [3.05, 3.63) is 22.6 Å². The lowest BCUT2D eigenvalue weighted by molar-refractivity contribution is 0.0893. The molecule has 1 aromatic rings. The molecule has 1 aliphatic carbocycles. The number of rotatable bonds is 2. The summed E-state index contributed by atoms with van der Waals surface area (Å²) in [6.07, 6.45) is 5.94. The number of halogens is 1. The summed E-state index contributed by atoms with van der Waals surface area (Å²) in [6, 6.07) is 1.77. The topological polar surface area (TPSA) is 30.2 Å². The Morgan fingerprint density at radius 2 is 2.15 bits per heavy atom. The van der Waals surface area contributed by atoms with Gasteiger partial charge in [-0.2, -0.15) is 0 Å². The van der Waals surface area contributed by atoms with Gasteiger partial charge in [0.2, 0.25) is 5.78 Å². The van der Waals surface area contributed by atoms with E-state index in [0.29, 0.717) is 5.76 Å². The van der Waals surface area contributed by atoms with Gasteiger partial charge in [0, 0.05) is 5.92 Å². The van der Waals surface area contributed by atoms with Crippen molar-refractivity contribution in [3.63, 3.8) is 0 Å². The maximum Gasteiger partial charge on any atom is 0.202 e. The molecule has 0 amide bonds. The van der Waals surface area contributed by atoms with Gasteiger partial charge in [-0.1, -0.05) is 12.8 Å². The van der Waals surface area contributed by atoms with E-state index in [1.54, 1.807) is 12.3 Å². The van der Waals surface area contributed by atoms with Gasteiger partial charge in [0.05, 0.1) is 10.7 Å². The molecule has 1 saturated carbocycles. The van der Waals surface area contributed by atoms with E-state index in [0.717, 1.165) is 17.3 Å². The van der Waals surface area contributed by atoms with Gasteiger partial charge in [0.1, 0.15) is 0 Å². The summed E-state index contributed by atoms with van der Waals surface area (Å²) in [5, 5.41) is 0. The van der Waals surface area contributed by atoms with Gasteiger partial charge in [-0.05, 0) is 34.8 Å². The first-order chi connectivity index (χ1) is 6.29. The van der Waals surface area contributed by atoms with Crippen LogP contribution in [-0.2, 0) is 0 Å². The van der Waals surface area contributed by atoms with Crippen molar-refractivity contribution in [2.45, 2.75) is 25.7 Å². The third-order valence-electron chi connectivity index (χ3n) is 2.57. The first kappa shape index (κ1) is 9.00. The Labute approximate surface area is 85.4 Å². The highest BCUT2D eigenvalue weighted by atomic mass is 79.9. The summed E-state index contributed by atoms with van der Waals surface area (Å²) >= 11 is 3.30. The van der Waals surface area contributed by atoms with Crippen molar-refractivity contribution < 1.29 is 9.21 Å². The van der Waals surface area contributed by atoms with Crippen LogP contribution in [0.25, 0.3) is 0 Å². The number of carbonyl (C=O) groups is 1. The maximum atomic E-state index is 11.8. The van der Waals surface area contributed by atoms with Crippen LogP contribution < -0.4 is 0 Å². The fourth-order valence-electron chi connectivity index (χ4n) is 1.84. The molecule has 1 aliphatic rings. The van der Waals surface area contributed by atoms with Crippen molar-refractivity contribution in [3.8, 4) is 0 Å². The van der Waals surface area contributed by atoms with E-state index in [1.807, 2.05) is 0 Å². The van der Waals surface area contributed by atoms with Gasteiger partial charge >= 0.3 is 0 Å². The molecule has 0 aliphatic heterocycles. The number of furan rings is 1. The van der Waals surface area contributed by atoms with E-state index >= 15 is 0 Å². The van der Waals surface area contributed by atoms with Gasteiger partial charge < -0.3 is 4.42 Å². The van der Waals surface area contributed by atoms with E-state index in [-0.39, 0.29) is 11.7 Å². The van der Waals surface area contributed by atoms with Crippen LogP contribution in [0.4, 0.5) is 0 Å². The number of Topliss-reactive ketones (excluding diaryl/α,β-unsaturated/α-hetero) is 1. The molecule has 0 spiro atoms. The summed E-state index contributed by atoms with van der Waals surface area (Å²) in [5.74, 6) is 0.851. The standard InChI is InChI=1S/C10H11BrO2/c11-8-5-6-13-10(8)9(12)7-3-1-2-4-7/h5-7H,1-4H2. The highest BCUT2D eigenvalue weighted by Gasteiger charge is 2.27. The molecule has 70 valence electrons. The third kappa shape index (κ3) is 1.70. The summed E-state index contributed by atoms with van der Waals surface area (Å²) in [4.78, 5) is 11.8. The molecule has 0 unspecified atom stereocenters. The molecule has 1 heterocycles. The van der Waals surface area contributed by atoms with Crippen LogP contribution in [0.2, 0.25) is 0 Å². The van der Waals surface area contributed by atoms with Gasteiger partial charge in [-0.15, -0.1) is 0 Å². The van der Waals surface area contributed by atoms with Crippen LogP contribution in [0, 0.1) is 5.92 Å². The highest BCUT2D eigenvalue weighted by Crippen LogP contribution is 2.30. The largest absolute Gasteiger partial charge is 0.460 e. The molecule has 1 aromatic heterocycles. The fraction of sp³-hybridized carbons (Fsp3) is 0.500. The lowest BCUT2D eigenvalue weighted by atomic mass is 10.0. The fourth-order valence-corrected chi connectivity index (χ4v) is 2.24. The molecule has 2 rings (SSSR count). The molecule has 13 heavy (non-hydrogen) atoms. The molecule has 0 N–H and O–H groups in total. The molecule has 0 aromatic carbocycles. The zero-order valence-corrected chi connectivity index (χ0v) is 8.84. The van der Waals surface area contributed by atoms with Crippen LogP contribution in [0.15, 0.2) is 21.2 Å². The first-order valence-corrected chi connectivity index (χ1v) is 5.35. The lowest BCUT2D eigenvalue weighted by Gasteiger charge is -2.04. The predicted molar refractivity (Wildman–Crippen MR) is 52.7 cm³/mol. The smallest absolute Gasteiger partial charge is 0.202 e. The summed E-state index contributed by atoms with van der Waals surface area (Å²) < 4.78 is 5.92. The monoisotopic (exact) mass is 242 g/mol. The molecular weight excluding hydrogens is 232 g/mol. The number of hydrogen-bond donors (Lipinski definition) is 0. The Hall–Kier alpha value is -0.570. The maximum absolute atomic E-state index is 11.8. The van der Waals surface area contributed by atoms with Crippen molar-refractivity contribution in [2.75, 3.05) is 0 Å². The first-order valence-electron chi connectivity index (χ1n) is 4.56. The Bertz CT molecular complexity index is 310. The van der Waals surface area contributed by atoms with Gasteiger partial charge in [-0.25, -0.2) is 0 Å². The predicted octanol–water partition coefficient (Wildman–Crippen LogP) is 3.42. The number of hydrogen-bond acceptors (Lipinski definition) is 2. The van der Waals surface area contributed by atoms with E-state index in [2.05, 4.69) is 15.9 Å². The third-order valence-corrected chi connectivity index (χ3v) is 3.19. The minimum absolute atomic E-state index is 0.161. The van der Waals surface area contributed by atoms with Crippen LogP contribution in [-0.4, -0.2) is 5.78 Å². The average molecular weight is 243 g/mol. The SMILES string of the molecule is O=C(c1occc1Br)C1CCCC1. The molecule has 2 nitrogen and oxygen atoms in total. The van der Waals surface area contributed by atoms with Crippen molar-refractivity contribution in [1.29, 1.82) is 0 Å². The molecule has 0 radical (unpaired) electrons. The van der Waals surface area contributed by atoms with Crippen LogP contribution in [0.5, 0.6) is 0 Å². The van der Waals surface area contributed by atoms with Crippen LogP contribution in [0.3, 0.4) is 0 Å². The second kappa shape index (κ2) is 3.66. The summed E-state index contributed by atoms with van der Waals surface area (Å²) in [5.41, 5.74) is 0. The van der Waals surface area contributed by atoms with Crippen molar-refractivity contribution in [2.24, 2.45) is 5.92 Å². The summed E-state index contributed by atoms with van der Waals surface area (Å²) in [6.45, 7) is 0. The Balaban J connectivity index is 2.17. The van der Waals surface area contributed by atoms with Gasteiger partial charge in [-0.3, -0.25) is 4.79 Å². The Morgan fingerprint density at radius 1 is 1.46 bits per heavy atom. The quantitative estimate of drug-likeness (QED) is 0.745. The van der Waals surface area contributed by atoms with Crippen LogP contribution in [0.1, 0.15) is 36.2 Å². The minimum Gasteiger partial charge on any atom is -0.460 e. The average Bonchev–Trinajstić information content (AvgIpc) is 2.72. The van der Waals surface area contributed by atoms with Crippen molar-refractivity contribution >= 4 is 21.7 Å². The number of carbonyl (C=O) groups excluding carboxylic acids is 1. The molecule has 1 fully saturated rings. The molecule has 0 atom stereocenters. The highest BCUT2D eigenvalue weighted by molar-refractivity contribution is 9.10. The second-order valence-electron chi connectivity index (χ2n) is 3.44. The minimum atomic E-state index is 0.161. The Kier molecular flexibility index (Phi) is 2.54. The van der Waals surface area contributed by atoms with E-state index in [9.17, 15) is 4.79 Å². The Morgan fingerprint density at radius 3 is 2.69 bits per heavy atom. The van der Waals surface area contributed by atoms with E-state index < -0.39 is 0 Å². The molecule has 0 bridgehead atoms. The summed E-state index contributed by atoms with van der Waals surface area (Å²) in [7, 11) is 0. The second-order valence-corrected chi connectivity index (χ2v) is 4.30. The molecule has 3 heteroatoms. The molecule has 0 saturated heterocycles. The van der Waals surface area contributed by atoms with Crippen LogP contribution >= 0.6 is 15.9 Å². The zero-order valence-electron chi connectivity index (χ0n) is 7.25. The van der Waals surface area contributed by atoms with Crippen molar-refractivity contribution in [1.82, 2.24) is 0 Å². The zero-order chi connectivity index (χ0) is 9.26. The van der Waals surface area contributed by atoms with Gasteiger partial charge in [0.15, 0.2) is 5.76 Å².